The minimum Gasteiger partial charge on any atom is -0.395 e. The number of aliphatic hydroxyl groups excluding tert-OH is 1. The molecule has 0 spiro atoms. The van der Waals surface area contributed by atoms with Crippen LogP contribution in [0.1, 0.15) is 21.5 Å². The molecule has 0 atom stereocenters. The van der Waals surface area contributed by atoms with Gasteiger partial charge in [0, 0.05) is 68.5 Å². The molecule has 3 aromatic rings. The average molecular weight is 454 g/mol. The summed E-state index contributed by atoms with van der Waals surface area (Å²) in [4.78, 5) is 26.3. The number of benzene rings is 2. The van der Waals surface area contributed by atoms with Gasteiger partial charge in [0.25, 0.3) is 5.91 Å². The Hall–Kier alpha value is -3.68. The van der Waals surface area contributed by atoms with E-state index in [9.17, 15) is 9.90 Å². The predicted molar refractivity (Wildman–Crippen MR) is 135 cm³/mol. The molecule has 0 bridgehead atoms. The minimum absolute atomic E-state index is 0.0184. The summed E-state index contributed by atoms with van der Waals surface area (Å²) in [5, 5.41) is 9.25. The number of anilines is 4. The van der Waals surface area contributed by atoms with Crippen molar-refractivity contribution >= 4 is 40.6 Å². The van der Waals surface area contributed by atoms with Gasteiger partial charge in [0.1, 0.15) is 5.82 Å². The van der Waals surface area contributed by atoms with E-state index in [0.29, 0.717) is 0 Å². The highest BCUT2D eigenvalue weighted by atomic mass is 16.3. The third-order valence-corrected chi connectivity index (χ3v) is 7.00. The number of carbonyl (C=O) groups excluding carboxylic acids is 1. The van der Waals surface area contributed by atoms with Gasteiger partial charge in [-0.2, -0.15) is 0 Å². The second-order valence-electron chi connectivity index (χ2n) is 8.92. The van der Waals surface area contributed by atoms with Gasteiger partial charge >= 0.3 is 0 Å². The lowest BCUT2D eigenvalue weighted by atomic mass is 10.0. The van der Waals surface area contributed by atoms with Crippen molar-refractivity contribution in [1.82, 2.24) is 14.8 Å². The molecule has 3 aliphatic rings. The van der Waals surface area contributed by atoms with E-state index in [2.05, 4.69) is 57.2 Å². The first-order chi connectivity index (χ1) is 16.7. The minimum atomic E-state index is 0.0184. The van der Waals surface area contributed by atoms with Crippen LogP contribution >= 0.6 is 0 Å². The molecule has 0 radical (unpaired) electrons. The van der Waals surface area contributed by atoms with Crippen LogP contribution in [0.2, 0.25) is 0 Å². The number of fused-ring (bicyclic) bond motifs is 1. The summed E-state index contributed by atoms with van der Waals surface area (Å²) < 4.78 is 0. The van der Waals surface area contributed by atoms with Crippen LogP contribution in [0.15, 0.2) is 60.8 Å². The Balaban J connectivity index is 1.45. The molecule has 1 saturated heterocycles. The van der Waals surface area contributed by atoms with E-state index >= 15 is 0 Å². The smallest absolute Gasteiger partial charge is 0.258 e. The molecule has 0 unspecified atom stereocenters. The highest BCUT2D eigenvalue weighted by molar-refractivity contribution is 6.16. The molecule has 7 heteroatoms. The Morgan fingerprint density at radius 1 is 0.971 bits per heavy atom. The number of β-amino-alcohol motifs (C(OH)–C–C–N with tert-alkyl or cyclic N) is 1. The van der Waals surface area contributed by atoms with Crippen LogP contribution in [-0.2, 0) is 0 Å². The first kappa shape index (κ1) is 20.9. The fourth-order valence-corrected chi connectivity index (χ4v) is 5.23. The quantitative estimate of drug-likeness (QED) is 0.652. The second kappa shape index (κ2) is 8.27. The van der Waals surface area contributed by atoms with E-state index in [0.717, 1.165) is 78.0 Å². The van der Waals surface area contributed by atoms with Crippen LogP contribution in [0.25, 0.3) is 11.8 Å². The fraction of sp³-hybridized carbons (Fsp3) is 0.259. The lowest BCUT2D eigenvalue weighted by molar-refractivity contribution is 0.0875. The van der Waals surface area contributed by atoms with Crippen LogP contribution in [-0.4, -0.2) is 72.2 Å². The van der Waals surface area contributed by atoms with Gasteiger partial charge in [-0.15, -0.1) is 0 Å². The molecule has 34 heavy (non-hydrogen) atoms. The van der Waals surface area contributed by atoms with Gasteiger partial charge in [-0.05, 0) is 48.5 Å². The maximum atomic E-state index is 13.0. The Morgan fingerprint density at radius 2 is 1.76 bits per heavy atom. The first-order valence-corrected chi connectivity index (χ1v) is 11.7. The van der Waals surface area contributed by atoms with Crippen molar-refractivity contribution in [1.29, 1.82) is 0 Å². The van der Waals surface area contributed by atoms with Gasteiger partial charge < -0.3 is 14.9 Å². The van der Waals surface area contributed by atoms with E-state index in [4.69, 9.17) is 4.98 Å². The fourth-order valence-electron chi connectivity index (χ4n) is 5.23. The maximum Gasteiger partial charge on any atom is 0.258 e. The van der Waals surface area contributed by atoms with Gasteiger partial charge in [-0.1, -0.05) is 12.1 Å². The Bertz CT molecular complexity index is 1300. The SMILES string of the molecule is CN1C(=O)c2cccc3c2C1=Cc1cccnc1N3c1cccc(N2CCN(CCO)CC2)c1. The largest absolute Gasteiger partial charge is 0.395 e. The normalized spacial score (nSPS) is 17.4. The number of aromatic nitrogens is 1. The number of rotatable bonds is 4. The van der Waals surface area contributed by atoms with Crippen molar-refractivity contribution in [2.45, 2.75) is 0 Å². The molecule has 1 fully saturated rings. The lowest BCUT2D eigenvalue weighted by Crippen LogP contribution is -2.47. The summed E-state index contributed by atoms with van der Waals surface area (Å²) in [5.41, 5.74) is 6.70. The molecule has 6 rings (SSSR count). The van der Waals surface area contributed by atoms with Crippen molar-refractivity contribution in [2.24, 2.45) is 0 Å². The number of hydrogen-bond donors (Lipinski definition) is 1. The van der Waals surface area contributed by atoms with Crippen molar-refractivity contribution in [3.8, 4) is 0 Å². The number of piperazine rings is 1. The highest BCUT2D eigenvalue weighted by Gasteiger charge is 2.36. The van der Waals surface area contributed by atoms with Gasteiger partial charge in [-0.25, -0.2) is 4.98 Å². The molecule has 1 N–H and O–H groups in total. The lowest BCUT2D eigenvalue weighted by Gasteiger charge is -2.36. The zero-order chi connectivity index (χ0) is 23.2. The average Bonchev–Trinajstić information content (AvgIpc) is 3.02. The van der Waals surface area contributed by atoms with Crippen molar-refractivity contribution in [3.05, 3.63) is 77.5 Å². The number of nitrogens with zero attached hydrogens (tertiary/aromatic N) is 5. The van der Waals surface area contributed by atoms with Gasteiger partial charge in [0.15, 0.2) is 0 Å². The van der Waals surface area contributed by atoms with Crippen molar-refractivity contribution in [2.75, 3.05) is 56.2 Å². The molecule has 172 valence electrons. The van der Waals surface area contributed by atoms with E-state index in [1.54, 1.807) is 4.90 Å². The molecule has 4 heterocycles. The molecule has 1 aromatic heterocycles. The van der Waals surface area contributed by atoms with Gasteiger partial charge in [0.2, 0.25) is 0 Å². The Morgan fingerprint density at radius 3 is 2.59 bits per heavy atom. The van der Waals surface area contributed by atoms with Crippen molar-refractivity contribution in [3.63, 3.8) is 0 Å². The van der Waals surface area contributed by atoms with Gasteiger partial charge in [-0.3, -0.25) is 14.6 Å². The van der Waals surface area contributed by atoms with E-state index in [1.807, 2.05) is 31.4 Å². The molecule has 0 aliphatic carbocycles. The monoisotopic (exact) mass is 453 g/mol. The summed E-state index contributed by atoms with van der Waals surface area (Å²) in [5.74, 6) is 0.869. The third-order valence-electron chi connectivity index (χ3n) is 7.00. The zero-order valence-electron chi connectivity index (χ0n) is 19.2. The number of carbonyl (C=O) groups is 1. The molecule has 0 saturated carbocycles. The molecule has 2 aromatic carbocycles. The Kier molecular flexibility index (Phi) is 5.08. The number of amides is 1. The molecular formula is C27H27N5O2. The third kappa shape index (κ3) is 3.28. The molecule has 7 nitrogen and oxygen atoms in total. The molecule has 1 amide bonds. The maximum absolute atomic E-state index is 13.0. The number of pyridine rings is 1. The molecule has 3 aliphatic heterocycles. The summed E-state index contributed by atoms with van der Waals surface area (Å²) in [6.45, 7) is 4.64. The second-order valence-corrected chi connectivity index (χ2v) is 8.92. The van der Waals surface area contributed by atoms with Crippen LogP contribution in [0.4, 0.5) is 22.9 Å². The molecular weight excluding hydrogens is 426 g/mol. The standard InChI is InChI=1S/C27H27N5O2/c1-29-24-17-19-5-4-10-28-26(19)32(23-9-3-8-22(25(23)24)27(29)34)21-7-2-6-20(18-21)31-13-11-30(12-14-31)15-16-33/h2-10,17-18,33H,11-16H2,1H3. The topological polar surface area (TPSA) is 63.2 Å². The summed E-state index contributed by atoms with van der Waals surface area (Å²) in [6, 6.07) is 18.5. The van der Waals surface area contributed by atoms with Crippen molar-refractivity contribution < 1.29 is 9.90 Å². The zero-order valence-corrected chi connectivity index (χ0v) is 19.2. The van der Waals surface area contributed by atoms with E-state index < -0.39 is 0 Å². The Labute approximate surface area is 199 Å². The van der Waals surface area contributed by atoms with E-state index in [-0.39, 0.29) is 12.5 Å². The first-order valence-electron chi connectivity index (χ1n) is 11.7. The summed E-state index contributed by atoms with van der Waals surface area (Å²) in [7, 11) is 1.83. The predicted octanol–water partition coefficient (Wildman–Crippen LogP) is 3.56. The summed E-state index contributed by atoms with van der Waals surface area (Å²) in [6.07, 6.45) is 3.89. The van der Waals surface area contributed by atoms with Crippen LogP contribution in [0.5, 0.6) is 0 Å². The summed E-state index contributed by atoms with van der Waals surface area (Å²) >= 11 is 0. The van der Waals surface area contributed by atoms with Crippen LogP contribution in [0.3, 0.4) is 0 Å². The van der Waals surface area contributed by atoms with Crippen LogP contribution < -0.4 is 9.80 Å². The number of hydrogen-bond acceptors (Lipinski definition) is 6. The van der Waals surface area contributed by atoms with Crippen LogP contribution in [0, 0.1) is 0 Å². The number of aliphatic hydroxyl groups is 1. The van der Waals surface area contributed by atoms with E-state index in [1.165, 1.54) is 0 Å². The van der Waals surface area contributed by atoms with Gasteiger partial charge in [0.05, 0.1) is 23.6 Å². The highest BCUT2D eigenvalue weighted by Crippen LogP contribution is 2.48.